The van der Waals surface area contributed by atoms with Crippen LogP contribution in [0.1, 0.15) is 5.56 Å². The predicted octanol–water partition coefficient (Wildman–Crippen LogP) is 2.32. The largest absolute Gasteiger partial charge is 0.482 e. The molecule has 8 heteroatoms. The average Bonchev–Trinajstić information content (AvgIpc) is 2.60. The Labute approximate surface area is 158 Å². The number of amides is 1. The molecule has 0 saturated heterocycles. The number of hydrogen-bond acceptors (Lipinski definition) is 5. The van der Waals surface area contributed by atoms with Gasteiger partial charge in [0.1, 0.15) is 5.75 Å². The van der Waals surface area contributed by atoms with E-state index in [1.807, 2.05) is 24.3 Å². The van der Waals surface area contributed by atoms with Crippen LogP contribution in [-0.2, 0) is 9.59 Å². The Kier molecular flexibility index (Phi) is 7.20. The van der Waals surface area contributed by atoms with E-state index in [1.54, 1.807) is 24.3 Å². The molecule has 2 rings (SSSR count). The number of carbonyl (C=O) groups excluding carboxylic acids is 1. The number of halogens is 1. The predicted molar refractivity (Wildman–Crippen MR) is 103 cm³/mol. The van der Waals surface area contributed by atoms with Crippen LogP contribution in [0.25, 0.3) is 0 Å². The highest BCUT2D eigenvalue weighted by atomic mass is 127. The molecule has 25 heavy (non-hydrogen) atoms. The number of nitrogens with zero attached hydrogens (tertiary/aromatic N) is 1. The maximum atomic E-state index is 11.7. The van der Waals surface area contributed by atoms with Crippen molar-refractivity contribution in [3.8, 4) is 5.75 Å². The monoisotopic (exact) mass is 453 g/mol. The van der Waals surface area contributed by atoms with E-state index in [-0.39, 0.29) is 12.5 Å². The summed E-state index contributed by atoms with van der Waals surface area (Å²) in [4.78, 5) is 22.1. The first-order chi connectivity index (χ1) is 12.0. The number of rotatable bonds is 8. The number of anilines is 1. The lowest BCUT2D eigenvalue weighted by Gasteiger charge is -2.05. The minimum absolute atomic E-state index is 0.111. The minimum atomic E-state index is -1.04. The van der Waals surface area contributed by atoms with Crippen LogP contribution in [0.15, 0.2) is 53.6 Å². The highest BCUT2D eigenvalue weighted by Crippen LogP contribution is 2.11. The summed E-state index contributed by atoms with van der Waals surface area (Å²) in [6.07, 6.45) is 1.49. The molecule has 0 radical (unpaired) electrons. The third-order valence-electron chi connectivity index (χ3n) is 2.94. The SMILES string of the molecule is O=C(O)COc1ccc(/C=N\NC(=O)CNc2ccc(I)cc2)cc1. The zero-order chi connectivity index (χ0) is 18.1. The fraction of sp³-hybridized carbons (Fsp3) is 0.118. The number of nitrogens with one attached hydrogen (secondary N) is 2. The van der Waals surface area contributed by atoms with E-state index in [4.69, 9.17) is 9.84 Å². The van der Waals surface area contributed by atoms with Crippen molar-refractivity contribution < 1.29 is 19.4 Å². The van der Waals surface area contributed by atoms with Gasteiger partial charge >= 0.3 is 5.97 Å². The van der Waals surface area contributed by atoms with Gasteiger partial charge in [0.05, 0.1) is 12.8 Å². The number of carboxylic acids is 1. The summed E-state index contributed by atoms with van der Waals surface area (Å²) in [5, 5.41) is 15.4. The smallest absolute Gasteiger partial charge is 0.341 e. The topological polar surface area (TPSA) is 100 Å². The van der Waals surface area contributed by atoms with E-state index in [0.717, 1.165) is 14.8 Å². The molecule has 2 aromatic carbocycles. The number of carboxylic acid groups (broad SMARTS) is 1. The third-order valence-corrected chi connectivity index (χ3v) is 3.66. The lowest BCUT2D eigenvalue weighted by atomic mass is 10.2. The summed E-state index contributed by atoms with van der Waals surface area (Å²) in [5.41, 5.74) is 4.03. The first-order valence-electron chi connectivity index (χ1n) is 7.29. The summed E-state index contributed by atoms with van der Waals surface area (Å²) < 4.78 is 6.15. The lowest BCUT2D eigenvalue weighted by molar-refractivity contribution is -0.139. The normalized spacial score (nSPS) is 10.4. The van der Waals surface area contributed by atoms with Crippen molar-refractivity contribution in [2.45, 2.75) is 0 Å². The van der Waals surface area contributed by atoms with Gasteiger partial charge in [0.15, 0.2) is 6.61 Å². The van der Waals surface area contributed by atoms with Crippen LogP contribution in [0.5, 0.6) is 5.75 Å². The van der Waals surface area contributed by atoms with Crippen molar-refractivity contribution in [2.75, 3.05) is 18.5 Å². The summed E-state index contributed by atoms with van der Waals surface area (Å²) in [6.45, 7) is -0.281. The van der Waals surface area contributed by atoms with Crippen LogP contribution in [0, 0.1) is 3.57 Å². The number of ether oxygens (including phenoxy) is 1. The Bertz CT molecular complexity index is 745. The first kappa shape index (κ1) is 18.7. The van der Waals surface area contributed by atoms with E-state index >= 15 is 0 Å². The Balaban J connectivity index is 1.74. The molecule has 0 aromatic heterocycles. The molecule has 3 N–H and O–H groups in total. The van der Waals surface area contributed by atoms with Crippen molar-refractivity contribution in [3.63, 3.8) is 0 Å². The molecule has 0 spiro atoms. The number of aliphatic carboxylic acids is 1. The molecule has 0 heterocycles. The molecule has 0 aliphatic heterocycles. The molecule has 0 fully saturated rings. The molecule has 7 nitrogen and oxygen atoms in total. The van der Waals surface area contributed by atoms with E-state index in [0.29, 0.717) is 5.75 Å². The maximum Gasteiger partial charge on any atom is 0.341 e. The highest BCUT2D eigenvalue weighted by Gasteiger charge is 2.00. The minimum Gasteiger partial charge on any atom is -0.482 e. The zero-order valence-corrected chi connectivity index (χ0v) is 15.3. The number of benzene rings is 2. The summed E-state index contributed by atoms with van der Waals surface area (Å²) in [5.74, 6) is -0.853. The zero-order valence-electron chi connectivity index (χ0n) is 13.1. The van der Waals surface area contributed by atoms with Crippen LogP contribution in [0.4, 0.5) is 5.69 Å². The molecule has 0 aliphatic carbocycles. The van der Waals surface area contributed by atoms with E-state index in [1.165, 1.54) is 6.21 Å². The third kappa shape index (κ3) is 7.21. The van der Waals surface area contributed by atoms with Crippen molar-refractivity contribution in [2.24, 2.45) is 5.10 Å². The lowest BCUT2D eigenvalue weighted by Crippen LogP contribution is -2.25. The highest BCUT2D eigenvalue weighted by molar-refractivity contribution is 14.1. The van der Waals surface area contributed by atoms with Gasteiger partial charge in [0, 0.05) is 9.26 Å². The van der Waals surface area contributed by atoms with E-state index < -0.39 is 12.6 Å². The molecule has 0 atom stereocenters. The van der Waals surface area contributed by atoms with E-state index in [2.05, 4.69) is 38.4 Å². The number of hydrogen-bond donors (Lipinski definition) is 3. The summed E-state index contributed by atoms with van der Waals surface area (Å²) in [6, 6.07) is 14.4. The second kappa shape index (κ2) is 9.62. The van der Waals surface area contributed by atoms with Gasteiger partial charge in [-0.25, -0.2) is 10.2 Å². The molecule has 1 amide bonds. The van der Waals surface area contributed by atoms with Crippen molar-refractivity contribution >= 4 is 46.4 Å². The molecular formula is C17H16IN3O4. The molecule has 2 aromatic rings. The van der Waals surface area contributed by atoms with Gasteiger partial charge in [-0.05, 0) is 76.7 Å². The number of carbonyl (C=O) groups is 2. The second-order valence-corrected chi connectivity index (χ2v) is 6.15. The molecule has 0 unspecified atom stereocenters. The van der Waals surface area contributed by atoms with Crippen LogP contribution in [0.3, 0.4) is 0 Å². The summed E-state index contributed by atoms with van der Waals surface area (Å²) in [7, 11) is 0. The van der Waals surface area contributed by atoms with Gasteiger partial charge in [-0.15, -0.1) is 0 Å². The van der Waals surface area contributed by atoms with Crippen molar-refractivity contribution in [3.05, 3.63) is 57.7 Å². The van der Waals surface area contributed by atoms with Crippen molar-refractivity contribution in [1.82, 2.24) is 5.43 Å². The fourth-order valence-corrected chi connectivity index (χ4v) is 2.12. The quantitative estimate of drug-likeness (QED) is 0.324. The Morgan fingerprint density at radius 1 is 1.12 bits per heavy atom. The van der Waals surface area contributed by atoms with E-state index in [9.17, 15) is 9.59 Å². The number of hydrazone groups is 1. The molecule has 0 bridgehead atoms. The molecular weight excluding hydrogens is 437 g/mol. The maximum absolute atomic E-state index is 11.7. The summed E-state index contributed by atoms with van der Waals surface area (Å²) >= 11 is 2.21. The van der Waals surface area contributed by atoms with Crippen LogP contribution in [-0.4, -0.2) is 36.3 Å². The molecule has 0 saturated carbocycles. The standard InChI is InChI=1S/C17H16IN3O4/c18-13-3-5-14(6-4-13)19-10-16(22)21-20-9-12-1-7-15(8-2-12)25-11-17(23)24/h1-9,19H,10-11H2,(H,21,22)(H,23,24)/b20-9-. The van der Waals surface area contributed by atoms with Gasteiger partial charge < -0.3 is 15.2 Å². The van der Waals surface area contributed by atoms with Crippen molar-refractivity contribution in [1.29, 1.82) is 0 Å². The van der Waals surface area contributed by atoms with Gasteiger partial charge in [-0.3, -0.25) is 4.79 Å². The van der Waals surface area contributed by atoms with Gasteiger partial charge in [0.25, 0.3) is 5.91 Å². The molecule has 0 aliphatic rings. The van der Waals surface area contributed by atoms with Gasteiger partial charge in [0.2, 0.25) is 0 Å². The van der Waals surface area contributed by atoms with Crippen LogP contribution < -0.4 is 15.5 Å². The van der Waals surface area contributed by atoms with Crippen LogP contribution in [0.2, 0.25) is 0 Å². The Hall–Kier alpha value is -2.62. The Morgan fingerprint density at radius 2 is 1.80 bits per heavy atom. The Morgan fingerprint density at radius 3 is 2.44 bits per heavy atom. The van der Waals surface area contributed by atoms with Gasteiger partial charge in [-0.2, -0.15) is 5.10 Å². The first-order valence-corrected chi connectivity index (χ1v) is 8.37. The second-order valence-electron chi connectivity index (χ2n) is 4.91. The fourth-order valence-electron chi connectivity index (χ4n) is 1.76. The van der Waals surface area contributed by atoms with Crippen LogP contribution >= 0.6 is 22.6 Å². The molecule has 130 valence electrons. The average molecular weight is 453 g/mol. The van der Waals surface area contributed by atoms with Gasteiger partial charge in [-0.1, -0.05) is 0 Å².